The van der Waals surface area contributed by atoms with Crippen LogP contribution in [0.4, 0.5) is 0 Å². The van der Waals surface area contributed by atoms with Gasteiger partial charge in [0.1, 0.15) is 9.84 Å². The van der Waals surface area contributed by atoms with Crippen LogP contribution in [-0.4, -0.2) is 33.0 Å². The van der Waals surface area contributed by atoms with Gasteiger partial charge in [-0.15, -0.1) is 0 Å². The molecule has 0 amide bonds. The molecule has 1 aliphatic carbocycles. The standard InChI is InChI=1S/C15H31NO2S/c1-13(2)16-12-15-9-6-4-5-8-14(15)10-7-11-19(3,17)18/h13-16H,4-12H2,1-3H3. The second kappa shape index (κ2) is 8.25. The molecule has 1 saturated carbocycles. The molecule has 0 aromatic heterocycles. The monoisotopic (exact) mass is 289 g/mol. The molecular weight excluding hydrogens is 258 g/mol. The fourth-order valence-corrected chi connectivity index (χ4v) is 3.80. The molecule has 1 aliphatic rings. The topological polar surface area (TPSA) is 46.2 Å². The molecule has 0 aromatic rings. The van der Waals surface area contributed by atoms with Crippen LogP contribution >= 0.6 is 0 Å². The summed E-state index contributed by atoms with van der Waals surface area (Å²) in [5.74, 6) is 1.81. The zero-order valence-corrected chi connectivity index (χ0v) is 13.6. The van der Waals surface area contributed by atoms with Crippen molar-refractivity contribution in [1.82, 2.24) is 5.32 Å². The fourth-order valence-electron chi connectivity index (χ4n) is 3.10. The zero-order valence-electron chi connectivity index (χ0n) is 12.8. The van der Waals surface area contributed by atoms with Gasteiger partial charge in [0.25, 0.3) is 0 Å². The summed E-state index contributed by atoms with van der Waals surface area (Å²) < 4.78 is 22.5. The molecule has 0 saturated heterocycles. The molecule has 0 aromatic carbocycles. The van der Waals surface area contributed by atoms with E-state index in [0.29, 0.717) is 11.8 Å². The van der Waals surface area contributed by atoms with Crippen LogP contribution in [0.2, 0.25) is 0 Å². The summed E-state index contributed by atoms with van der Waals surface area (Å²) in [5, 5.41) is 3.56. The van der Waals surface area contributed by atoms with E-state index in [1.54, 1.807) is 0 Å². The Morgan fingerprint density at radius 3 is 2.32 bits per heavy atom. The van der Waals surface area contributed by atoms with Gasteiger partial charge in [-0.25, -0.2) is 8.42 Å². The lowest BCUT2D eigenvalue weighted by molar-refractivity contribution is 0.276. The number of rotatable bonds is 7. The Bertz CT molecular complexity index is 338. The van der Waals surface area contributed by atoms with Gasteiger partial charge in [-0.3, -0.25) is 0 Å². The molecule has 0 aliphatic heterocycles. The third kappa shape index (κ3) is 7.93. The molecule has 0 bridgehead atoms. The van der Waals surface area contributed by atoms with Gasteiger partial charge in [-0.05, 0) is 37.6 Å². The van der Waals surface area contributed by atoms with Crippen molar-refractivity contribution in [2.24, 2.45) is 11.8 Å². The second-order valence-corrected chi connectivity index (χ2v) is 8.75. The Labute approximate surface area is 119 Å². The Morgan fingerprint density at radius 2 is 1.74 bits per heavy atom. The van der Waals surface area contributed by atoms with Gasteiger partial charge in [-0.2, -0.15) is 0 Å². The van der Waals surface area contributed by atoms with Gasteiger partial charge in [0.05, 0.1) is 0 Å². The smallest absolute Gasteiger partial charge is 0.147 e. The lowest BCUT2D eigenvalue weighted by Gasteiger charge is -2.26. The predicted octanol–water partition coefficient (Wildman–Crippen LogP) is 3.01. The van der Waals surface area contributed by atoms with Crippen molar-refractivity contribution >= 4 is 9.84 Å². The molecular formula is C15H31NO2S. The highest BCUT2D eigenvalue weighted by Crippen LogP contribution is 2.31. The van der Waals surface area contributed by atoms with Crippen molar-refractivity contribution < 1.29 is 8.42 Å². The summed E-state index contributed by atoms with van der Waals surface area (Å²) in [4.78, 5) is 0. The first kappa shape index (κ1) is 17.0. The average Bonchev–Trinajstić information content (AvgIpc) is 2.50. The molecule has 0 spiro atoms. The van der Waals surface area contributed by atoms with E-state index in [4.69, 9.17) is 0 Å². The maximum Gasteiger partial charge on any atom is 0.147 e. The van der Waals surface area contributed by atoms with Gasteiger partial charge < -0.3 is 5.32 Å². The Kier molecular flexibility index (Phi) is 7.37. The molecule has 0 radical (unpaired) electrons. The summed E-state index contributed by atoms with van der Waals surface area (Å²) in [6.07, 6.45) is 9.87. The van der Waals surface area contributed by atoms with Crippen LogP contribution < -0.4 is 5.32 Å². The molecule has 1 fully saturated rings. The van der Waals surface area contributed by atoms with Crippen LogP contribution in [-0.2, 0) is 9.84 Å². The van der Waals surface area contributed by atoms with Crippen molar-refractivity contribution in [3.8, 4) is 0 Å². The first-order valence-corrected chi connectivity index (χ1v) is 9.85. The van der Waals surface area contributed by atoms with Gasteiger partial charge >= 0.3 is 0 Å². The van der Waals surface area contributed by atoms with E-state index in [1.165, 1.54) is 38.4 Å². The van der Waals surface area contributed by atoms with Crippen molar-refractivity contribution in [1.29, 1.82) is 0 Å². The highest BCUT2D eigenvalue weighted by Gasteiger charge is 2.23. The minimum absolute atomic E-state index is 0.355. The van der Waals surface area contributed by atoms with Crippen LogP contribution in [0.3, 0.4) is 0 Å². The van der Waals surface area contributed by atoms with E-state index in [1.807, 2.05) is 0 Å². The molecule has 2 atom stereocenters. The van der Waals surface area contributed by atoms with E-state index in [-0.39, 0.29) is 0 Å². The number of hydrogen-bond donors (Lipinski definition) is 1. The minimum Gasteiger partial charge on any atom is -0.314 e. The van der Waals surface area contributed by atoms with Crippen LogP contribution in [0, 0.1) is 11.8 Å². The first-order valence-electron chi connectivity index (χ1n) is 7.79. The van der Waals surface area contributed by atoms with E-state index >= 15 is 0 Å². The summed E-state index contributed by atoms with van der Waals surface area (Å²) >= 11 is 0. The Morgan fingerprint density at radius 1 is 1.11 bits per heavy atom. The molecule has 19 heavy (non-hydrogen) atoms. The highest BCUT2D eigenvalue weighted by molar-refractivity contribution is 7.90. The Hall–Kier alpha value is -0.0900. The van der Waals surface area contributed by atoms with Crippen molar-refractivity contribution in [3.05, 3.63) is 0 Å². The molecule has 1 rings (SSSR count). The SMILES string of the molecule is CC(C)NCC1CCCCCC1CCCS(C)(=O)=O. The van der Waals surface area contributed by atoms with Crippen LogP contribution in [0.25, 0.3) is 0 Å². The largest absolute Gasteiger partial charge is 0.314 e. The maximum absolute atomic E-state index is 11.2. The number of nitrogens with one attached hydrogen (secondary N) is 1. The van der Waals surface area contributed by atoms with Gasteiger partial charge in [0.2, 0.25) is 0 Å². The summed E-state index contributed by atoms with van der Waals surface area (Å²) in [6.45, 7) is 5.48. The molecule has 3 nitrogen and oxygen atoms in total. The van der Waals surface area contributed by atoms with Crippen LogP contribution in [0.15, 0.2) is 0 Å². The third-order valence-corrected chi connectivity index (χ3v) is 5.23. The van der Waals surface area contributed by atoms with Crippen LogP contribution in [0.1, 0.15) is 58.8 Å². The normalized spacial score (nSPS) is 25.5. The fraction of sp³-hybridized carbons (Fsp3) is 1.00. The van der Waals surface area contributed by atoms with Crippen LogP contribution in [0.5, 0.6) is 0 Å². The van der Waals surface area contributed by atoms with E-state index in [9.17, 15) is 8.42 Å². The number of sulfone groups is 1. The lowest BCUT2D eigenvalue weighted by atomic mass is 9.84. The highest BCUT2D eigenvalue weighted by atomic mass is 32.2. The molecule has 2 unspecified atom stereocenters. The first-order chi connectivity index (χ1) is 8.88. The molecule has 0 heterocycles. The summed E-state index contributed by atoms with van der Waals surface area (Å²) in [7, 11) is -2.79. The van der Waals surface area contributed by atoms with Crippen molar-refractivity contribution in [2.75, 3.05) is 18.6 Å². The molecule has 4 heteroatoms. The maximum atomic E-state index is 11.2. The lowest BCUT2D eigenvalue weighted by Crippen LogP contribution is -2.32. The number of hydrogen-bond acceptors (Lipinski definition) is 3. The van der Waals surface area contributed by atoms with Crippen molar-refractivity contribution in [2.45, 2.75) is 64.8 Å². The third-order valence-electron chi connectivity index (χ3n) is 4.19. The summed E-state index contributed by atoms with van der Waals surface area (Å²) in [6, 6.07) is 0.542. The summed E-state index contributed by atoms with van der Waals surface area (Å²) in [5.41, 5.74) is 0. The van der Waals surface area contributed by atoms with E-state index < -0.39 is 9.84 Å². The van der Waals surface area contributed by atoms with E-state index in [2.05, 4.69) is 19.2 Å². The average molecular weight is 289 g/mol. The van der Waals surface area contributed by atoms with Gasteiger partial charge in [-0.1, -0.05) is 39.5 Å². The second-order valence-electron chi connectivity index (χ2n) is 6.49. The zero-order chi connectivity index (χ0) is 14.3. The molecule has 114 valence electrons. The van der Waals surface area contributed by atoms with Gasteiger partial charge in [0.15, 0.2) is 0 Å². The molecule has 1 N–H and O–H groups in total. The Balaban J connectivity index is 2.43. The minimum atomic E-state index is -2.79. The quantitative estimate of drug-likeness (QED) is 0.733. The predicted molar refractivity (Wildman–Crippen MR) is 82.1 cm³/mol. The van der Waals surface area contributed by atoms with E-state index in [0.717, 1.165) is 31.2 Å². The van der Waals surface area contributed by atoms with Crippen molar-refractivity contribution in [3.63, 3.8) is 0 Å². The van der Waals surface area contributed by atoms with Gasteiger partial charge in [0, 0.05) is 18.1 Å².